The van der Waals surface area contributed by atoms with Gasteiger partial charge in [-0.1, -0.05) is 44.7 Å². The first kappa shape index (κ1) is 53.2. The number of likely N-dealkylation sites (N-methyl/N-ethyl adjacent to an activating group) is 2. The van der Waals surface area contributed by atoms with Gasteiger partial charge >= 0.3 is 6.18 Å². The number of nitrogens with zero attached hydrogens (tertiary/aromatic N) is 3. The van der Waals surface area contributed by atoms with E-state index in [2.05, 4.69) is 21.3 Å². The Kier molecular flexibility index (Phi) is 16.6. The second-order valence-corrected chi connectivity index (χ2v) is 19.5. The Labute approximate surface area is 388 Å². The highest BCUT2D eigenvalue weighted by Gasteiger charge is 2.62. The van der Waals surface area contributed by atoms with Crippen molar-refractivity contribution in [3.63, 3.8) is 0 Å². The second kappa shape index (κ2) is 20.9. The molecule has 5 rings (SSSR count). The van der Waals surface area contributed by atoms with Gasteiger partial charge in [-0.3, -0.25) is 33.6 Å². The minimum atomic E-state index is -5.47. The largest absolute Gasteiger partial charge is 0.426 e. The number of hydrogen-bond donors (Lipinski definition) is 5. The van der Waals surface area contributed by atoms with Gasteiger partial charge in [-0.2, -0.15) is 13.2 Å². The summed E-state index contributed by atoms with van der Waals surface area (Å²) in [4.78, 5) is 100. The molecule has 1 spiro atoms. The molecule has 7 amide bonds. The predicted octanol–water partition coefficient (Wildman–Crippen LogP) is 3.72. The zero-order valence-corrected chi connectivity index (χ0v) is 38.7. The van der Waals surface area contributed by atoms with Crippen LogP contribution in [-0.4, -0.2) is 148 Å². The predicted molar refractivity (Wildman–Crippen MR) is 227 cm³/mol. The molecular formula is C44H59ClF7N7O8. The van der Waals surface area contributed by atoms with E-state index >= 15 is 0 Å². The minimum absolute atomic E-state index is 0.00585. The van der Waals surface area contributed by atoms with Crippen LogP contribution in [0.2, 0.25) is 5.02 Å². The maximum absolute atomic E-state index is 14.8. The van der Waals surface area contributed by atoms with Gasteiger partial charge in [0.25, 0.3) is 11.8 Å². The molecule has 0 aromatic heterocycles. The number of likely N-dealkylation sites (tertiary alicyclic amines) is 1. The molecule has 4 fully saturated rings. The van der Waals surface area contributed by atoms with Crippen molar-refractivity contribution in [2.24, 2.45) is 11.8 Å². The van der Waals surface area contributed by atoms with Gasteiger partial charge in [0, 0.05) is 51.3 Å². The van der Waals surface area contributed by atoms with Crippen molar-refractivity contribution in [3.05, 3.63) is 34.6 Å². The minimum Gasteiger partial charge on any atom is -0.373 e. The molecule has 0 bridgehead atoms. The molecule has 15 nitrogen and oxygen atoms in total. The summed E-state index contributed by atoms with van der Waals surface area (Å²) in [5.74, 6) is -12.1. The number of aliphatic hydroxyl groups is 1. The molecule has 2 saturated heterocycles. The van der Waals surface area contributed by atoms with Crippen molar-refractivity contribution >= 4 is 53.0 Å². The molecule has 1 aromatic rings. The summed E-state index contributed by atoms with van der Waals surface area (Å²) in [6.07, 6.45) is -8.54. The SMILES string of the molecule is CC(C)C[C@@H]1NC(=O)[C@@H](N(C)C(=O)[C@H](CC2CCC2)NC(=O)[C@@H]2C[C@@H](F)CN2C(=O)[C@@](C)(O)C(F)(F)F)CCCCNC(=O)C2(CC(F)(F)C2)NC(=O)[C@H](Cc2cc(F)ccc2Cl)N(C)C1=O. The van der Waals surface area contributed by atoms with E-state index in [4.69, 9.17) is 11.6 Å². The van der Waals surface area contributed by atoms with E-state index in [0.717, 1.165) is 28.4 Å². The van der Waals surface area contributed by atoms with E-state index in [0.29, 0.717) is 12.8 Å². The Bertz CT molecular complexity index is 2050. The number of carbonyl (C=O) groups excluding carboxylic acids is 7. The van der Waals surface area contributed by atoms with Crippen LogP contribution in [0, 0.1) is 17.7 Å². The summed E-state index contributed by atoms with van der Waals surface area (Å²) in [6.45, 7) is 2.60. The van der Waals surface area contributed by atoms with Crippen molar-refractivity contribution < 1.29 is 69.4 Å². The Hall–Kier alpha value is -4.73. The quantitative estimate of drug-likeness (QED) is 0.207. The first-order valence-electron chi connectivity index (χ1n) is 22.4. The third-order valence-electron chi connectivity index (χ3n) is 13.3. The van der Waals surface area contributed by atoms with Gasteiger partial charge < -0.3 is 41.1 Å². The number of benzene rings is 1. The summed E-state index contributed by atoms with van der Waals surface area (Å²) < 4.78 is 99.3. The van der Waals surface area contributed by atoms with Crippen molar-refractivity contribution in [3.8, 4) is 0 Å². The number of nitrogens with one attached hydrogen (secondary N) is 4. The maximum atomic E-state index is 14.8. The first-order valence-corrected chi connectivity index (χ1v) is 22.8. The van der Waals surface area contributed by atoms with Gasteiger partial charge in [-0.25, -0.2) is 17.6 Å². The van der Waals surface area contributed by atoms with Crippen LogP contribution in [0.15, 0.2) is 18.2 Å². The van der Waals surface area contributed by atoms with Crippen molar-refractivity contribution in [1.29, 1.82) is 0 Å². The smallest absolute Gasteiger partial charge is 0.373 e. The van der Waals surface area contributed by atoms with E-state index in [1.54, 1.807) is 13.8 Å². The molecule has 2 heterocycles. The second-order valence-electron chi connectivity index (χ2n) is 19.1. The summed E-state index contributed by atoms with van der Waals surface area (Å²) in [7, 11) is 2.46. The van der Waals surface area contributed by atoms with Gasteiger partial charge in [-0.15, -0.1) is 0 Å². The lowest BCUT2D eigenvalue weighted by molar-refractivity contribution is -0.250. The van der Waals surface area contributed by atoms with Gasteiger partial charge in [0.05, 0.1) is 6.54 Å². The van der Waals surface area contributed by atoms with Crippen molar-refractivity contribution in [2.75, 3.05) is 27.2 Å². The standard InChI is InChI=1S/C44H59ClF7N7O8/c1-23(2)15-29-37(63)58(5)32(18-25-17-26(46)12-13-28(25)45)36(62)56-42(21-43(48,49)22-42)39(65)53-14-7-6-11-31(34(60)54-29)57(4)38(64)30(16-24-9-8-10-24)55-35(61)33-19-27(47)20-59(33)40(66)41(3,67)44(50,51)52/h12-13,17,23-24,27,29-33,67H,6-11,14-16,18-22H2,1-5H3,(H,53,65)(H,54,60)(H,55,61)(H,56,62)/t27-,29+,30+,31+,32+,33+,41-/m1/s1. The van der Waals surface area contributed by atoms with Crippen LogP contribution < -0.4 is 21.3 Å². The number of alkyl halides is 6. The summed E-state index contributed by atoms with van der Waals surface area (Å²) in [5.41, 5.74) is -5.99. The van der Waals surface area contributed by atoms with Gasteiger partial charge in [0.2, 0.25) is 41.0 Å². The normalized spacial score (nSPS) is 26.7. The first-order chi connectivity index (χ1) is 31.1. The average Bonchev–Trinajstić information content (AvgIpc) is 3.60. The van der Waals surface area contributed by atoms with E-state index in [-0.39, 0.29) is 72.9 Å². The highest BCUT2D eigenvalue weighted by atomic mass is 35.5. The molecule has 1 aromatic carbocycles. The Morgan fingerprint density at radius 3 is 2.25 bits per heavy atom. The molecule has 7 atom stereocenters. The van der Waals surface area contributed by atoms with Crippen LogP contribution in [0.3, 0.4) is 0 Å². The van der Waals surface area contributed by atoms with E-state index < -0.39 is 139 Å². The Balaban J connectivity index is 1.47. The zero-order chi connectivity index (χ0) is 50.0. The third kappa shape index (κ3) is 12.3. The molecular weight excluding hydrogens is 923 g/mol. The number of amides is 7. The van der Waals surface area contributed by atoms with Crippen LogP contribution in [0.25, 0.3) is 0 Å². The molecule has 67 heavy (non-hydrogen) atoms. The fraction of sp³-hybridized carbons (Fsp3) is 0.705. The van der Waals surface area contributed by atoms with Crippen LogP contribution in [0.5, 0.6) is 0 Å². The van der Waals surface area contributed by atoms with E-state index in [1.165, 1.54) is 20.2 Å². The van der Waals surface area contributed by atoms with Gasteiger partial charge in [-0.05, 0) is 74.6 Å². The molecule has 374 valence electrons. The fourth-order valence-corrected chi connectivity index (χ4v) is 9.27. The number of rotatable bonds is 11. The lowest BCUT2D eigenvalue weighted by Crippen LogP contribution is -2.71. The monoisotopic (exact) mass is 981 g/mol. The van der Waals surface area contributed by atoms with Gasteiger partial charge in [0.1, 0.15) is 47.7 Å². The average molecular weight is 982 g/mol. The van der Waals surface area contributed by atoms with Crippen molar-refractivity contribution in [1.82, 2.24) is 36.0 Å². The van der Waals surface area contributed by atoms with E-state index in [1.807, 2.05) is 0 Å². The van der Waals surface area contributed by atoms with Crippen LogP contribution in [0.4, 0.5) is 30.7 Å². The Morgan fingerprint density at radius 2 is 1.67 bits per heavy atom. The molecule has 2 aliphatic carbocycles. The molecule has 0 unspecified atom stereocenters. The Morgan fingerprint density at radius 1 is 1.01 bits per heavy atom. The maximum Gasteiger partial charge on any atom is 0.426 e. The van der Waals surface area contributed by atoms with Crippen LogP contribution >= 0.6 is 11.6 Å². The molecule has 0 radical (unpaired) electrons. The van der Waals surface area contributed by atoms with Crippen LogP contribution in [0.1, 0.15) is 97.0 Å². The lowest BCUT2D eigenvalue weighted by atomic mass is 9.72. The fourth-order valence-electron chi connectivity index (χ4n) is 9.07. The topological polar surface area (TPSA) is 198 Å². The molecule has 4 aliphatic rings. The summed E-state index contributed by atoms with van der Waals surface area (Å²) in [5, 5.41) is 20.3. The van der Waals surface area contributed by atoms with Gasteiger partial charge in [0.15, 0.2) is 0 Å². The number of carbonyl (C=O) groups is 7. The van der Waals surface area contributed by atoms with E-state index in [9.17, 15) is 69.4 Å². The lowest BCUT2D eigenvalue weighted by Gasteiger charge is -2.47. The summed E-state index contributed by atoms with van der Waals surface area (Å²) in [6, 6.07) is -4.36. The number of halogens is 8. The van der Waals surface area contributed by atoms with Crippen molar-refractivity contribution in [2.45, 2.75) is 157 Å². The number of hydrogen-bond acceptors (Lipinski definition) is 8. The highest BCUT2D eigenvalue weighted by molar-refractivity contribution is 6.31. The summed E-state index contributed by atoms with van der Waals surface area (Å²) >= 11 is 6.37. The highest BCUT2D eigenvalue weighted by Crippen LogP contribution is 2.46. The molecule has 2 saturated carbocycles. The zero-order valence-electron chi connectivity index (χ0n) is 37.9. The molecule has 2 aliphatic heterocycles. The third-order valence-corrected chi connectivity index (χ3v) is 13.6. The molecule has 5 N–H and O–H groups in total. The molecule has 23 heteroatoms. The van der Waals surface area contributed by atoms with Crippen LogP contribution in [-0.2, 0) is 40.0 Å².